The number of aliphatic imine (C=N–C) groups is 2. The molecule has 1 aliphatic heterocycles. The third-order valence-electron chi connectivity index (χ3n) is 6.39. The van der Waals surface area contributed by atoms with Gasteiger partial charge in [0, 0.05) is 25.3 Å². The van der Waals surface area contributed by atoms with Crippen LogP contribution in [0.1, 0.15) is 25.7 Å². The van der Waals surface area contributed by atoms with Gasteiger partial charge in [0.1, 0.15) is 17.9 Å². The first-order chi connectivity index (χ1) is 16.8. The normalized spacial score (nSPS) is 27.1. The average Bonchev–Trinajstić information content (AvgIpc) is 3.25. The van der Waals surface area contributed by atoms with Crippen molar-refractivity contribution in [3.63, 3.8) is 0 Å². The van der Waals surface area contributed by atoms with Gasteiger partial charge in [-0.2, -0.15) is 18.4 Å². The zero-order chi connectivity index (χ0) is 26.7. The molecule has 4 N–H and O–H groups in total. The van der Waals surface area contributed by atoms with Crippen LogP contribution in [0.15, 0.2) is 39.1 Å². The summed E-state index contributed by atoms with van der Waals surface area (Å²) in [6, 6.07) is 5.36. The number of sulfone groups is 1. The molecule has 5 atom stereocenters. The van der Waals surface area contributed by atoms with Gasteiger partial charge in [-0.3, -0.25) is 14.7 Å². The van der Waals surface area contributed by atoms with Crippen molar-refractivity contribution in [1.29, 1.82) is 5.26 Å². The zero-order valence-electron chi connectivity index (χ0n) is 19.1. The van der Waals surface area contributed by atoms with Crippen molar-refractivity contribution in [3.05, 3.63) is 24.3 Å². The van der Waals surface area contributed by atoms with Crippen LogP contribution in [0.5, 0.6) is 0 Å². The Balaban J connectivity index is 1.71. The summed E-state index contributed by atoms with van der Waals surface area (Å²) in [6.45, 7) is 1.01. The minimum absolute atomic E-state index is 0.000430. The van der Waals surface area contributed by atoms with Gasteiger partial charge in [0.25, 0.3) is 9.84 Å². The number of amides is 1. The van der Waals surface area contributed by atoms with Gasteiger partial charge < -0.3 is 11.5 Å². The predicted molar refractivity (Wildman–Crippen MR) is 124 cm³/mol. The number of hydrogen-bond acceptors (Lipinski definition) is 7. The van der Waals surface area contributed by atoms with E-state index >= 15 is 0 Å². The molecule has 0 bridgehead atoms. The molecule has 196 valence electrons. The van der Waals surface area contributed by atoms with Gasteiger partial charge in [-0.05, 0) is 49.9 Å². The summed E-state index contributed by atoms with van der Waals surface area (Å²) in [7, 11) is -5.52. The van der Waals surface area contributed by atoms with E-state index in [2.05, 4.69) is 21.0 Å². The van der Waals surface area contributed by atoms with E-state index in [1.807, 2.05) is 0 Å². The Morgan fingerprint density at radius 2 is 1.86 bits per heavy atom. The second-order valence-electron chi connectivity index (χ2n) is 8.81. The number of likely N-dealkylation sites (tertiary alicyclic amines) is 1. The van der Waals surface area contributed by atoms with E-state index in [9.17, 15) is 36.0 Å². The highest BCUT2D eigenvalue weighted by Gasteiger charge is 2.46. The molecule has 2 aliphatic rings. The van der Waals surface area contributed by atoms with E-state index in [-0.39, 0.29) is 17.6 Å². The number of nitrogens with two attached hydrogens (primary N) is 2. The summed E-state index contributed by atoms with van der Waals surface area (Å²) >= 11 is 0. The van der Waals surface area contributed by atoms with Crippen molar-refractivity contribution in [1.82, 2.24) is 4.90 Å². The van der Waals surface area contributed by atoms with Crippen molar-refractivity contribution in [3.8, 4) is 6.07 Å². The third-order valence-corrected chi connectivity index (χ3v) is 7.89. The average molecular weight is 531 g/mol. The van der Waals surface area contributed by atoms with Gasteiger partial charge in [0.15, 0.2) is 0 Å². The maximum atomic E-state index is 13.6. The highest BCUT2D eigenvalue weighted by atomic mass is 32.2. The van der Waals surface area contributed by atoms with Crippen LogP contribution in [-0.4, -0.2) is 68.1 Å². The minimum Gasteiger partial charge on any atom is -0.386 e. The lowest BCUT2D eigenvalue weighted by molar-refractivity contribution is -0.118. The summed E-state index contributed by atoms with van der Waals surface area (Å²) in [5.41, 5.74) is 5.87. The summed E-state index contributed by atoms with van der Waals surface area (Å²) in [5, 5.41) is 9.61. The van der Waals surface area contributed by atoms with Crippen LogP contribution < -0.4 is 11.5 Å². The van der Waals surface area contributed by atoms with Gasteiger partial charge in [0.2, 0.25) is 5.91 Å². The number of amidine groups is 1. The van der Waals surface area contributed by atoms with E-state index in [0.29, 0.717) is 38.8 Å². The van der Waals surface area contributed by atoms with Gasteiger partial charge >= 0.3 is 5.51 Å². The number of alkyl halides is 4. The van der Waals surface area contributed by atoms with E-state index in [1.165, 1.54) is 6.21 Å². The molecular weight excluding hydrogens is 504 g/mol. The Morgan fingerprint density at radius 1 is 1.19 bits per heavy atom. The maximum absolute atomic E-state index is 13.6. The SMILES string of the molecule is N#CC1CC(N2CCC(F)C2)CCC1N=CC(C(N)=O)C(N)=Nc1ccc(S(=O)(=O)C(F)(F)F)cc1. The Labute approximate surface area is 205 Å². The number of nitriles is 1. The Hall–Kier alpha value is -3.05. The van der Waals surface area contributed by atoms with Crippen molar-refractivity contribution in [2.45, 2.75) is 54.3 Å². The number of benzene rings is 1. The maximum Gasteiger partial charge on any atom is 0.501 e. The molecule has 1 amide bonds. The second-order valence-corrected chi connectivity index (χ2v) is 10.7. The van der Waals surface area contributed by atoms with Crippen molar-refractivity contribution in [2.75, 3.05) is 13.1 Å². The van der Waals surface area contributed by atoms with Crippen LogP contribution >= 0.6 is 0 Å². The Kier molecular flexibility index (Phi) is 8.35. The number of carbonyl (C=O) groups is 1. The molecule has 1 saturated heterocycles. The van der Waals surface area contributed by atoms with Gasteiger partial charge in [-0.1, -0.05) is 0 Å². The smallest absolute Gasteiger partial charge is 0.386 e. The summed E-state index contributed by atoms with van der Waals surface area (Å²) in [6.07, 6.45) is 2.60. The van der Waals surface area contributed by atoms with Crippen molar-refractivity contribution >= 4 is 33.5 Å². The Morgan fingerprint density at radius 3 is 2.39 bits per heavy atom. The first-order valence-corrected chi connectivity index (χ1v) is 12.7. The number of carbonyl (C=O) groups excluding carboxylic acids is 1. The van der Waals surface area contributed by atoms with E-state index in [1.54, 1.807) is 0 Å². The molecule has 1 aliphatic carbocycles. The highest BCUT2D eigenvalue weighted by molar-refractivity contribution is 7.92. The zero-order valence-corrected chi connectivity index (χ0v) is 19.9. The van der Waals surface area contributed by atoms with E-state index < -0.39 is 50.2 Å². The van der Waals surface area contributed by atoms with E-state index in [0.717, 1.165) is 24.3 Å². The third kappa shape index (κ3) is 6.19. The molecule has 2 fully saturated rings. The first-order valence-electron chi connectivity index (χ1n) is 11.2. The van der Waals surface area contributed by atoms with E-state index in [4.69, 9.17) is 11.5 Å². The topological polar surface area (TPSA) is 155 Å². The molecule has 1 saturated carbocycles. The number of halogens is 4. The molecule has 1 aromatic carbocycles. The van der Waals surface area contributed by atoms with Crippen LogP contribution in [0.25, 0.3) is 0 Å². The monoisotopic (exact) mass is 530 g/mol. The number of primary amides is 1. The molecular formula is C22H26F4N6O3S. The molecule has 0 spiro atoms. The fraction of sp³-hybridized carbons (Fsp3) is 0.545. The molecule has 0 radical (unpaired) electrons. The second kappa shape index (κ2) is 10.9. The molecule has 9 nitrogen and oxygen atoms in total. The van der Waals surface area contributed by atoms with Crippen LogP contribution in [0.3, 0.4) is 0 Å². The largest absolute Gasteiger partial charge is 0.501 e. The Bertz CT molecular complexity index is 1160. The van der Waals surface area contributed by atoms with Crippen LogP contribution in [0.4, 0.5) is 23.2 Å². The minimum atomic E-state index is -5.52. The molecule has 0 aromatic heterocycles. The van der Waals surface area contributed by atoms with Gasteiger partial charge in [-0.15, -0.1) is 0 Å². The van der Waals surface area contributed by atoms with Crippen LogP contribution in [0, 0.1) is 23.2 Å². The van der Waals surface area contributed by atoms with Gasteiger partial charge in [0.05, 0.1) is 28.6 Å². The standard InChI is InChI=1S/C22H26F4N6O3S/c23-14-7-8-32(12-14)16-3-6-19(13(9-16)10-27)30-11-18(21(29)33)20(28)31-15-1-4-17(5-2-15)36(34,35)22(24,25)26/h1-2,4-5,11,13-14,16,18-19H,3,6-9,12H2,(H2,28,31)(H2,29,33). The fourth-order valence-corrected chi connectivity index (χ4v) is 5.16. The van der Waals surface area contributed by atoms with Crippen molar-refractivity contribution < 1.29 is 30.8 Å². The summed E-state index contributed by atoms with van der Waals surface area (Å²) in [5.74, 6) is -2.89. The lowest BCUT2D eigenvalue weighted by atomic mass is 9.82. The van der Waals surface area contributed by atoms with Gasteiger partial charge in [-0.25, -0.2) is 17.8 Å². The molecule has 5 unspecified atom stereocenters. The van der Waals surface area contributed by atoms with Crippen LogP contribution in [-0.2, 0) is 14.6 Å². The molecule has 1 aromatic rings. The molecule has 3 rings (SSSR count). The fourth-order valence-electron chi connectivity index (χ4n) is 4.40. The number of rotatable bonds is 7. The predicted octanol–water partition coefficient (Wildman–Crippen LogP) is 2.25. The molecule has 1 heterocycles. The first kappa shape index (κ1) is 27.5. The lowest BCUT2D eigenvalue weighted by Gasteiger charge is -2.35. The number of hydrogen-bond donors (Lipinski definition) is 2. The summed E-state index contributed by atoms with van der Waals surface area (Å²) < 4.78 is 74.6. The number of nitrogens with zero attached hydrogens (tertiary/aromatic N) is 4. The highest BCUT2D eigenvalue weighted by Crippen LogP contribution is 2.33. The lowest BCUT2D eigenvalue weighted by Crippen LogP contribution is -2.41. The molecule has 14 heteroatoms. The van der Waals surface area contributed by atoms with Crippen LogP contribution in [0.2, 0.25) is 0 Å². The summed E-state index contributed by atoms with van der Waals surface area (Å²) in [4.78, 5) is 21.4. The quantitative estimate of drug-likeness (QED) is 0.313. The van der Waals surface area contributed by atoms with Crippen molar-refractivity contribution in [2.24, 2.45) is 33.3 Å². The molecule has 36 heavy (non-hydrogen) atoms.